The van der Waals surface area contributed by atoms with Crippen molar-refractivity contribution < 1.29 is 0 Å². The summed E-state index contributed by atoms with van der Waals surface area (Å²) in [7, 11) is 0. The molecule has 5 heteroatoms. The molecule has 1 heterocycles. The topological polar surface area (TPSA) is 36.4 Å². The van der Waals surface area contributed by atoms with Crippen molar-refractivity contribution in [2.45, 2.75) is 26.8 Å². The molecular weight excluding hydrogens is 262 g/mol. The maximum atomic E-state index is 4.61. The Kier molecular flexibility index (Phi) is 7.93. The third kappa shape index (κ3) is 5.78. The number of nitrogens with one attached hydrogen (secondary N) is 2. The summed E-state index contributed by atoms with van der Waals surface area (Å²) in [6.45, 7) is 6.88. The Morgan fingerprint density at radius 1 is 1.44 bits per heavy atom. The summed E-state index contributed by atoms with van der Waals surface area (Å²) >= 11 is 3.66. The van der Waals surface area contributed by atoms with Gasteiger partial charge in [0.25, 0.3) is 0 Å². The summed E-state index contributed by atoms with van der Waals surface area (Å²) in [4.78, 5) is 5.96. The summed E-state index contributed by atoms with van der Waals surface area (Å²) in [5, 5.41) is 8.77. The zero-order valence-corrected chi connectivity index (χ0v) is 13.1. The van der Waals surface area contributed by atoms with Crippen LogP contribution in [0.4, 0.5) is 0 Å². The molecule has 0 spiro atoms. The summed E-state index contributed by atoms with van der Waals surface area (Å²) in [5.74, 6) is 2.11. The fraction of sp³-hybridized carbons (Fsp3) is 0.615. The molecule has 0 saturated heterocycles. The van der Waals surface area contributed by atoms with E-state index in [0.29, 0.717) is 0 Å². The highest BCUT2D eigenvalue weighted by atomic mass is 32.2. The number of thioether (sulfide) groups is 1. The van der Waals surface area contributed by atoms with Crippen molar-refractivity contribution in [1.29, 1.82) is 0 Å². The fourth-order valence-electron chi connectivity index (χ4n) is 1.48. The van der Waals surface area contributed by atoms with Crippen LogP contribution in [0.5, 0.6) is 0 Å². The zero-order valence-electron chi connectivity index (χ0n) is 11.5. The third-order valence-electron chi connectivity index (χ3n) is 2.51. The van der Waals surface area contributed by atoms with Crippen LogP contribution in [0.15, 0.2) is 16.4 Å². The number of aliphatic imine (C=N–C) groups is 1. The first-order valence-electron chi connectivity index (χ1n) is 6.32. The lowest BCUT2D eigenvalue weighted by Crippen LogP contribution is -2.37. The average Bonchev–Trinajstić information content (AvgIpc) is 2.77. The van der Waals surface area contributed by atoms with Crippen molar-refractivity contribution >= 4 is 29.1 Å². The van der Waals surface area contributed by atoms with E-state index in [9.17, 15) is 0 Å². The molecule has 0 amide bonds. The SMILES string of the molecule is CCNC(=NCc1sccc1C)NCCCSC. The highest BCUT2D eigenvalue weighted by Gasteiger charge is 2.00. The lowest BCUT2D eigenvalue weighted by Gasteiger charge is -2.10. The molecule has 1 rings (SSSR count). The molecule has 0 aromatic carbocycles. The second-order valence-electron chi connectivity index (χ2n) is 4.00. The van der Waals surface area contributed by atoms with Crippen molar-refractivity contribution in [2.75, 3.05) is 25.1 Å². The van der Waals surface area contributed by atoms with Gasteiger partial charge in [-0.15, -0.1) is 11.3 Å². The molecule has 0 saturated carbocycles. The van der Waals surface area contributed by atoms with E-state index >= 15 is 0 Å². The molecule has 0 aliphatic heterocycles. The van der Waals surface area contributed by atoms with Crippen molar-refractivity contribution in [3.05, 3.63) is 21.9 Å². The minimum Gasteiger partial charge on any atom is -0.357 e. The molecule has 1 aromatic heterocycles. The first-order chi connectivity index (χ1) is 8.77. The number of hydrogen-bond acceptors (Lipinski definition) is 3. The van der Waals surface area contributed by atoms with Gasteiger partial charge in [-0.3, -0.25) is 0 Å². The van der Waals surface area contributed by atoms with Crippen LogP contribution in [0.3, 0.4) is 0 Å². The van der Waals surface area contributed by atoms with Crippen molar-refractivity contribution in [3.8, 4) is 0 Å². The first-order valence-corrected chi connectivity index (χ1v) is 8.59. The molecule has 0 atom stereocenters. The predicted molar refractivity (Wildman–Crippen MR) is 84.9 cm³/mol. The van der Waals surface area contributed by atoms with Crippen LogP contribution >= 0.6 is 23.1 Å². The third-order valence-corrected chi connectivity index (χ3v) is 4.22. The van der Waals surface area contributed by atoms with E-state index in [-0.39, 0.29) is 0 Å². The zero-order chi connectivity index (χ0) is 13.2. The van der Waals surface area contributed by atoms with Crippen molar-refractivity contribution in [1.82, 2.24) is 10.6 Å². The Balaban J connectivity index is 2.42. The van der Waals surface area contributed by atoms with E-state index in [1.165, 1.54) is 22.6 Å². The van der Waals surface area contributed by atoms with Crippen LogP contribution in [-0.4, -0.2) is 31.1 Å². The van der Waals surface area contributed by atoms with E-state index in [0.717, 1.165) is 25.6 Å². The second-order valence-corrected chi connectivity index (χ2v) is 5.98. The molecule has 3 nitrogen and oxygen atoms in total. The largest absolute Gasteiger partial charge is 0.357 e. The van der Waals surface area contributed by atoms with Gasteiger partial charge in [0.15, 0.2) is 5.96 Å². The van der Waals surface area contributed by atoms with Gasteiger partial charge in [0.1, 0.15) is 0 Å². The van der Waals surface area contributed by atoms with E-state index in [1.807, 2.05) is 11.8 Å². The molecule has 0 bridgehead atoms. The van der Waals surface area contributed by atoms with Crippen molar-refractivity contribution in [3.63, 3.8) is 0 Å². The Morgan fingerprint density at radius 2 is 2.28 bits per heavy atom. The van der Waals surface area contributed by atoms with E-state index in [4.69, 9.17) is 0 Å². The Labute approximate surface area is 118 Å². The van der Waals surface area contributed by atoms with Crippen LogP contribution in [0.25, 0.3) is 0 Å². The fourth-order valence-corrected chi connectivity index (χ4v) is 2.74. The monoisotopic (exact) mass is 285 g/mol. The van der Waals surface area contributed by atoms with Gasteiger partial charge in [0.2, 0.25) is 0 Å². The maximum Gasteiger partial charge on any atom is 0.191 e. The molecule has 0 aliphatic carbocycles. The molecule has 0 fully saturated rings. The Bertz CT molecular complexity index is 361. The van der Waals surface area contributed by atoms with Gasteiger partial charge in [-0.1, -0.05) is 0 Å². The number of nitrogens with zero attached hydrogens (tertiary/aromatic N) is 1. The summed E-state index contributed by atoms with van der Waals surface area (Å²) in [6, 6.07) is 2.15. The molecule has 1 aromatic rings. The smallest absolute Gasteiger partial charge is 0.191 e. The minimum absolute atomic E-state index is 0.765. The molecular formula is C13H23N3S2. The van der Waals surface area contributed by atoms with Gasteiger partial charge in [-0.05, 0) is 49.3 Å². The molecule has 0 unspecified atom stereocenters. The molecule has 0 aliphatic rings. The number of hydrogen-bond donors (Lipinski definition) is 2. The van der Waals surface area contributed by atoms with E-state index < -0.39 is 0 Å². The second kappa shape index (κ2) is 9.28. The molecule has 0 radical (unpaired) electrons. The first kappa shape index (κ1) is 15.4. The van der Waals surface area contributed by atoms with Gasteiger partial charge < -0.3 is 10.6 Å². The van der Waals surface area contributed by atoms with Crippen LogP contribution in [0.1, 0.15) is 23.8 Å². The highest BCUT2D eigenvalue weighted by Crippen LogP contribution is 2.16. The van der Waals surface area contributed by atoms with Gasteiger partial charge in [0.05, 0.1) is 6.54 Å². The lowest BCUT2D eigenvalue weighted by molar-refractivity contribution is 0.791. The van der Waals surface area contributed by atoms with E-state index in [2.05, 4.69) is 47.2 Å². The quantitative estimate of drug-likeness (QED) is 0.459. The van der Waals surface area contributed by atoms with Gasteiger partial charge in [0, 0.05) is 18.0 Å². The number of guanidine groups is 1. The summed E-state index contributed by atoms with van der Waals surface area (Å²) < 4.78 is 0. The Hall–Kier alpha value is -0.680. The van der Waals surface area contributed by atoms with Gasteiger partial charge in [-0.25, -0.2) is 4.99 Å². The maximum absolute atomic E-state index is 4.61. The van der Waals surface area contributed by atoms with Crippen LogP contribution < -0.4 is 10.6 Å². The normalized spacial score (nSPS) is 11.6. The van der Waals surface area contributed by atoms with Gasteiger partial charge >= 0.3 is 0 Å². The summed E-state index contributed by atoms with van der Waals surface area (Å²) in [6.07, 6.45) is 3.31. The predicted octanol–water partition coefficient (Wildman–Crippen LogP) is 2.86. The molecule has 2 N–H and O–H groups in total. The minimum atomic E-state index is 0.765. The number of rotatable bonds is 7. The lowest BCUT2D eigenvalue weighted by atomic mass is 10.3. The standard InChI is InChI=1S/C13H23N3S2/c1-4-14-13(15-7-5-8-17-3)16-10-12-11(2)6-9-18-12/h6,9H,4-5,7-8,10H2,1-3H3,(H2,14,15,16). The van der Waals surface area contributed by atoms with E-state index in [1.54, 1.807) is 11.3 Å². The highest BCUT2D eigenvalue weighted by molar-refractivity contribution is 7.98. The van der Waals surface area contributed by atoms with Crippen molar-refractivity contribution in [2.24, 2.45) is 4.99 Å². The summed E-state index contributed by atoms with van der Waals surface area (Å²) in [5.41, 5.74) is 1.34. The van der Waals surface area contributed by atoms with Gasteiger partial charge in [-0.2, -0.15) is 11.8 Å². The van der Waals surface area contributed by atoms with Crippen LogP contribution in [0.2, 0.25) is 0 Å². The number of thiophene rings is 1. The molecule has 102 valence electrons. The van der Waals surface area contributed by atoms with Crippen LogP contribution in [0, 0.1) is 6.92 Å². The molecule has 18 heavy (non-hydrogen) atoms. The average molecular weight is 285 g/mol. The number of aryl methyl sites for hydroxylation is 1. The Morgan fingerprint density at radius 3 is 2.89 bits per heavy atom. The van der Waals surface area contributed by atoms with Crippen LogP contribution in [-0.2, 0) is 6.54 Å².